The van der Waals surface area contributed by atoms with Crippen molar-refractivity contribution in [2.75, 3.05) is 16.4 Å². The van der Waals surface area contributed by atoms with E-state index in [1.54, 1.807) is 24.3 Å². The van der Waals surface area contributed by atoms with Gasteiger partial charge in [-0.2, -0.15) is 5.10 Å². The van der Waals surface area contributed by atoms with Crippen molar-refractivity contribution < 1.29 is 4.79 Å². The molecule has 5 N–H and O–H groups in total. The van der Waals surface area contributed by atoms with E-state index in [1.807, 2.05) is 37.3 Å². The molecule has 6 heteroatoms. The Morgan fingerprint density at radius 3 is 2.48 bits per heavy atom. The molecular formula is C17H17N5O. The van der Waals surface area contributed by atoms with Crippen LogP contribution in [0.25, 0.3) is 0 Å². The molecule has 0 atom stereocenters. The van der Waals surface area contributed by atoms with E-state index in [0.717, 1.165) is 11.3 Å². The van der Waals surface area contributed by atoms with E-state index >= 15 is 0 Å². The van der Waals surface area contributed by atoms with Gasteiger partial charge in [-0.1, -0.05) is 35.9 Å². The van der Waals surface area contributed by atoms with E-state index in [9.17, 15) is 4.79 Å². The average molecular weight is 307 g/mol. The SMILES string of the molecule is Cc1ccc(Nc2n[nH]c(N)c2NC(=O)c2ccccc2)cc1. The zero-order chi connectivity index (χ0) is 16.2. The number of H-pyrrole nitrogens is 1. The lowest BCUT2D eigenvalue weighted by Crippen LogP contribution is -2.13. The zero-order valence-corrected chi connectivity index (χ0v) is 12.6. The molecule has 0 saturated carbocycles. The molecule has 1 aromatic heterocycles. The van der Waals surface area contributed by atoms with Crippen LogP contribution >= 0.6 is 0 Å². The van der Waals surface area contributed by atoms with Gasteiger partial charge in [-0.15, -0.1) is 0 Å². The first kappa shape index (κ1) is 14.6. The number of aromatic nitrogens is 2. The number of carbonyl (C=O) groups excluding carboxylic acids is 1. The fourth-order valence-electron chi connectivity index (χ4n) is 2.12. The van der Waals surface area contributed by atoms with E-state index in [4.69, 9.17) is 5.73 Å². The number of benzene rings is 2. The van der Waals surface area contributed by atoms with Crippen molar-refractivity contribution in [2.24, 2.45) is 0 Å². The molecule has 3 aromatic rings. The molecule has 0 spiro atoms. The van der Waals surface area contributed by atoms with E-state index in [0.29, 0.717) is 22.9 Å². The third kappa shape index (κ3) is 3.32. The number of anilines is 4. The Bertz CT molecular complexity index is 809. The number of nitrogens with zero attached hydrogens (tertiary/aromatic N) is 1. The van der Waals surface area contributed by atoms with Crippen LogP contribution in [0.4, 0.5) is 23.0 Å². The van der Waals surface area contributed by atoms with Crippen LogP contribution < -0.4 is 16.4 Å². The minimum absolute atomic E-state index is 0.245. The summed E-state index contributed by atoms with van der Waals surface area (Å²) in [6.45, 7) is 2.02. The molecule has 6 nitrogen and oxygen atoms in total. The fraction of sp³-hybridized carbons (Fsp3) is 0.0588. The monoisotopic (exact) mass is 307 g/mol. The normalized spacial score (nSPS) is 10.3. The molecule has 0 saturated heterocycles. The van der Waals surface area contributed by atoms with E-state index in [-0.39, 0.29) is 5.91 Å². The van der Waals surface area contributed by atoms with Crippen molar-refractivity contribution in [1.29, 1.82) is 0 Å². The van der Waals surface area contributed by atoms with Crippen molar-refractivity contribution in [1.82, 2.24) is 10.2 Å². The zero-order valence-electron chi connectivity index (χ0n) is 12.6. The lowest BCUT2D eigenvalue weighted by atomic mass is 10.2. The second-order valence-corrected chi connectivity index (χ2v) is 5.17. The predicted octanol–water partition coefficient (Wildman–Crippen LogP) is 3.30. The summed E-state index contributed by atoms with van der Waals surface area (Å²) in [5.41, 5.74) is 8.87. The van der Waals surface area contributed by atoms with Crippen LogP contribution in [0.1, 0.15) is 15.9 Å². The maximum atomic E-state index is 12.3. The van der Waals surface area contributed by atoms with Crippen LogP contribution in [-0.4, -0.2) is 16.1 Å². The van der Waals surface area contributed by atoms with Crippen LogP contribution in [-0.2, 0) is 0 Å². The van der Waals surface area contributed by atoms with E-state index < -0.39 is 0 Å². The number of nitrogens with two attached hydrogens (primary N) is 1. The first-order chi connectivity index (χ1) is 11.1. The molecule has 0 bridgehead atoms. The van der Waals surface area contributed by atoms with Gasteiger partial charge in [-0.25, -0.2) is 0 Å². The Hall–Kier alpha value is -3.28. The number of aromatic amines is 1. The molecule has 3 rings (SSSR count). The standard InChI is InChI=1S/C17H17N5O/c1-11-7-9-13(10-8-11)19-16-14(15(18)21-22-16)20-17(23)12-5-3-2-4-6-12/h2-10H,1H3,(H,20,23)(H4,18,19,21,22). The summed E-state index contributed by atoms with van der Waals surface area (Å²) in [6, 6.07) is 16.8. The number of carbonyl (C=O) groups is 1. The van der Waals surface area contributed by atoms with Crippen LogP contribution in [0, 0.1) is 6.92 Å². The van der Waals surface area contributed by atoms with Crippen LogP contribution in [0.5, 0.6) is 0 Å². The van der Waals surface area contributed by atoms with Gasteiger partial charge in [0.25, 0.3) is 5.91 Å². The highest BCUT2D eigenvalue weighted by Crippen LogP contribution is 2.28. The van der Waals surface area contributed by atoms with Gasteiger partial charge in [-0.05, 0) is 31.2 Å². The molecule has 2 aromatic carbocycles. The number of nitrogens with one attached hydrogen (secondary N) is 3. The van der Waals surface area contributed by atoms with Crippen LogP contribution in [0.15, 0.2) is 54.6 Å². The lowest BCUT2D eigenvalue weighted by molar-refractivity contribution is 0.102. The Balaban J connectivity index is 1.81. The quantitative estimate of drug-likeness (QED) is 0.594. The average Bonchev–Trinajstić information content (AvgIpc) is 2.91. The molecule has 116 valence electrons. The van der Waals surface area contributed by atoms with Gasteiger partial charge in [0, 0.05) is 11.3 Å². The highest BCUT2D eigenvalue weighted by Gasteiger charge is 2.15. The highest BCUT2D eigenvalue weighted by atomic mass is 16.1. The Morgan fingerprint density at radius 1 is 1.09 bits per heavy atom. The third-order valence-corrected chi connectivity index (χ3v) is 3.38. The van der Waals surface area contributed by atoms with Gasteiger partial charge >= 0.3 is 0 Å². The van der Waals surface area contributed by atoms with Gasteiger partial charge in [-0.3, -0.25) is 9.89 Å². The molecule has 23 heavy (non-hydrogen) atoms. The second-order valence-electron chi connectivity index (χ2n) is 5.17. The first-order valence-corrected chi connectivity index (χ1v) is 7.17. The van der Waals surface area contributed by atoms with Crippen molar-refractivity contribution in [3.8, 4) is 0 Å². The fourth-order valence-corrected chi connectivity index (χ4v) is 2.12. The number of hydrogen-bond donors (Lipinski definition) is 4. The number of nitrogen functional groups attached to an aromatic ring is 1. The van der Waals surface area contributed by atoms with E-state index in [1.165, 1.54) is 0 Å². The number of amides is 1. The maximum Gasteiger partial charge on any atom is 0.255 e. The Morgan fingerprint density at radius 2 is 1.78 bits per heavy atom. The van der Waals surface area contributed by atoms with Gasteiger partial charge in [0.15, 0.2) is 5.82 Å². The number of hydrogen-bond acceptors (Lipinski definition) is 4. The summed E-state index contributed by atoms with van der Waals surface area (Å²) < 4.78 is 0. The molecule has 0 aliphatic heterocycles. The number of rotatable bonds is 4. The largest absolute Gasteiger partial charge is 0.382 e. The Kier molecular flexibility index (Phi) is 3.97. The Labute approximate surface area is 133 Å². The molecule has 0 aliphatic carbocycles. The minimum atomic E-state index is -0.245. The molecule has 1 heterocycles. The number of aryl methyl sites for hydroxylation is 1. The first-order valence-electron chi connectivity index (χ1n) is 7.17. The molecule has 0 unspecified atom stereocenters. The van der Waals surface area contributed by atoms with Crippen molar-refractivity contribution >= 4 is 28.9 Å². The maximum absolute atomic E-state index is 12.3. The summed E-state index contributed by atoms with van der Waals surface area (Å²) in [5, 5.41) is 12.7. The van der Waals surface area contributed by atoms with E-state index in [2.05, 4.69) is 20.8 Å². The molecular weight excluding hydrogens is 290 g/mol. The van der Waals surface area contributed by atoms with Gasteiger partial charge in [0.1, 0.15) is 11.5 Å². The van der Waals surface area contributed by atoms with Crippen molar-refractivity contribution in [3.63, 3.8) is 0 Å². The van der Waals surface area contributed by atoms with Crippen molar-refractivity contribution in [3.05, 3.63) is 65.7 Å². The summed E-state index contributed by atoms with van der Waals surface area (Å²) in [4.78, 5) is 12.3. The highest BCUT2D eigenvalue weighted by molar-refractivity contribution is 6.07. The van der Waals surface area contributed by atoms with Gasteiger partial charge < -0.3 is 16.4 Å². The van der Waals surface area contributed by atoms with Crippen LogP contribution in [0.2, 0.25) is 0 Å². The second kappa shape index (κ2) is 6.23. The van der Waals surface area contributed by atoms with Crippen LogP contribution in [0.3, 0.4) is 0 Å². The molecule has 0 fully saturated rings. The lowest BCUT2D eigenvalue weighted by Gasteiger charge is -2.08. The smallest absolute Gasteiger partial charge is 0.255 e. The third-order valence-electron chi connectivity index (χ3n) is 3.38. The summed E-state index contributed by atoms with van der Waals surface area (Å²) in [6.07, 6.45) is 0. The van der Waals surface area contributed by atoms with Crippen molar-refractivity contribution in [2.45, 2.75) is 6.92 Å². The minimum Gasteiger partial charge on any atom is -0.382 e. The topological polar surface area (TPSA) is 95.8 Å². The van der Waals surface area contributed by atoms with Gasteiger partial charge in [0.05, 0.1) is 0 Å². The molecule has 1 amide bonds. The summed E-state index contributed by atoms with van der Waals surface area (Å²) >= 11 is 0. The summed E-state index contributed by atoms with van der Waals surface area (Å²) in [5.74, 6) is 0.519. The van der Waals surface area contributed by atoms with Gasteiger partial charge in [0.2, 0.25) is 0 Å². The molecule has 0 aliphatic rings. The predicted molar refractivity (Wildman–Crippen MR) is 91.9 cm³/mol. The molecule has 0 radical (unpaired) electrons. The summed E-state index contributed by atoms with van der Waals surface area (Å²) in [7, 11) is 0.